The van der Waals surface area contributed by atoms with Crippen LogP contribution in [-0.4, -0.2) is 18.0 Å². The van der Waals surface area contributed by atoms with Gasteiger partial charge in [-0.3, -0.25) is 4.79 Å². The molecule has 0 saturated carbocycles. The number of amides is 1. The van der Waals surface area contributed by atoms with Crippen LogP contribution in [0.25, 0.3) is 0 Å². The summed E-state index contributed by atoms with van der Waals surface area (Å²) >= 11 is 0. The van der Waals surface area contributed by atoms with Gasteiger partial charge >= 0.3 is 0 Å². The largest absolute Gasteiger partial charge is 0.376 e. The van der Waals surface area contributed by atoms with Gasteiger partial charge in [0.2, 0.25) is 5.91 Å². The van der Waals surface area contributed by atoms with Crippen LogP contribution in [0.1, 0.15) is 33.6 Å². The minimum absolute atomic E-state index is 0.0345. The smallest absolute Gasteiger partial charge is 0.239 e. The van der Waals surface area contributed by atoms with Crippen molar-refractivity contribution in [1.29, 1.82) is 0 Å². The Morgan fingerprint density at radius 2 is 1.88 bits per heavy atom. The van der Waals surface area contributed by atoms with Crippen molar-refractivity contribution in [2.24, 2.45) is 0 Å². The third kappa shape index (κ3) is 5.38. The first-order valence-electron chi connectivity index (χ1n) is 6.13. The SMILES string of the molecule is CCCC(C)(C)NC(=O)CNc1ccccc1. The molecule has 2 N–H and O–H groups in total. The second-order valence-corrected chi connectivity index (χ2v) is 4.90. The van der Waals surface area contributed by atoms with E-state index >= 15 is 0 Å². The van der Waals surface area contributed by atoms with Crippen molar-refractivity contribution in [3.63, 3.8) is 0 Å². The first-order valence-corrected chi connectivity index (χ1v) is 6.13. The van der Waals surface area contributed by atoms with Crippen molar-refractivity contribution in [3.8, 4) is 0 Å². The van der Waals surface area contributed by atoms with E-state index in [9.17, 15) is 4.79 Å². The molecule has 1 aromatic rings. The van der Waals surface area contributed by atoms with Crippen LogP contribution in [-0.2, 0) is 4.79 Å². The molecule has 0 saturated heterocycles. The number of carbonyl (C=O) groups excluding carboxylic acids is 1. The van der Waals surface area contributed by atoms with Gasteiger partial charge in [-0.05, 0) is 32.4 Å². The minimum Gasteiger partial charge on any atom is -0.376 e. The van der Waals surface area contributed by atoms with E-state index in [0.29, 0.717) is 6.54 Å². The lowest BCUT2D eigenvalue weighted by molar-refractivity contribution is -0.121. The predicted octanol–water partition coefficient (Wildman–Crippen LogP) is 2.79. The topological polar surface area (TPSA) is 41.1 Å². The Hall–Kier alpha value is -1.51. The van der Waals surface area contributed by atoms with Gasteiger partial charge < -0.3 is 10.6 Å². The quantitative estimate of drug-likeness (QED) is 0.794. The normalized spacial score (nSPS) is 11.0. The lowest BCUT2D eigenvalue weighted by atomic mass is 9.99. The molecule has 3 heteroatoms. The minimum atomic E-state index is -0.121. The molecule has 0 aliphatic heterocycles. The molecule has 94 valence electrons. The molecular weight excluding hydrogens is 212 g/mol. The van der Waals surface area contributed by atoms with Crippen LogP contribution in [0.4, 0.5) is 5.69 Å². The Morgan fingerprint density at radius 1 is 1.24 bits per heavy atom. The molecule has 0 unspecified atom stereocenters. The van der Waals surface area contributed by atoms with Crippen LogP contribution in [0.2, 0.25) is 0 Å². The number of benzene rings is 1. The van der Waals surface area contributed by atoms with Gasteiger partial charge in [-0.1, -0.05) is 31.5 Å². The number of hydrogen-bond acceptors (Lipinski definition) is 2. The molecule has 3 nitrogen and oxygen atoms in total. The van der Waals surface area contributed by atoms with Crippen molar-refractivity contribution < 1.29 is 4.79 Å². The Balaban J connectivity index is 2.35. The first-order chi connectivity index (χ1) is 8.03. The van der Waals surface area contributed by atoms with E-state index in [0.717, 1.165) is 18.5 Å². The summed E-state index contributed by atoms with van der Waals surface area (Å²) in [5.74, 6) is 0.0345. The molecule has 1 aromatic carbocycles. The van der Waals surface area contributed by atoms with Crippen LogP contribution < -0.4 is 10.6 Å². The van der Waals surface area contributed by atoms with E-state index in [1.807, 2.05) is 30.3 Å². The summed E-state index contributed by atoms with van der Waals surface area (Å²) in [6.07, 6.45) is 2.06. The first kappa shape index (κ1) is 13.6. The summed E-state index contributed by atoms with van der Waals surface area (Å²) in [6, 6.07) is 9.74. The highest BCUT2D eigenvalue weighted by Crippen LogP contribution is 2.10. The van der Waals surface area contributed by atoms with Crippen LogP contribution >= 0.6 is 0 Å². The van der Waals surface area contributed by atoms with Crippen LogP contribution in [0, 0.1) is 0 Å². The fourth-order valence-corrected chi connectivity index (χ4v) is 1.85. The number of hydrogen-bond donors (Lipinski definition) is 2. The highest BCUT2D eigenvalue weighted by Gasteiger charge is 2.18. The van der Waals surface area contributed by atoms with Crippen molar-refractivity contribution in [3.05, 3.63) is 30.3 Å². The molecular formula is C14H22N2O. The van der Waals surface area contributed by atoms with E-state index < -0.39 is 0 Å². The molecule has 0 aromatic heterocycles. The zero-order chi connectivity index (χ0) is 12.7. The molecule has 17 heavy (non-hydrogen) atoms. The van der Waals surface area contributed by atoms with Crippen LogP contribution in [0.5, 0.6) is 0 Å². The Bertz CT molecular complexity index is 346. The zero-order valence-corrected chi connectivity index (χ0v) is 10.9. The van der Waals surface area contributed by atoms with E-state index in [-0.39, 0.29) is 11.4 Å². The average molecular weight is 234 g/mol. The predicted molar refractivity (Wildman–Crippen MR) is 72.1 cm³/mol. The van der Waals surface area contributed by atoms with Crippen LogP contribution in [0.15, 0.2) is 30.3 Å². The van der Waals surface area contributed by atoms with Crippen LogP contribution in [0.3, 0.4) is 0 Å². The highest BCUT2D eigenvalue weighted by atomic mass is 16.2. The third-order valence-electron chi connectivity index (χ3n) is 2.58. The monoisotopic (exact) mass is 234 g/mol. The lowest BCUT2D eigenvalue weighted by Gasteiger charge is -2.25. The van der Waals surface area contributed by atoms with Gasteiger partial charge in [0.25, 0.3) is 0 Å². The number of carbonyl (C=O) groups is 1. The Morgan fingerprint density at radius 3 is 2.47 bits per heavy atom. The van der Waals surface area contributed by atoms with Gasteiger partial charge in [0.05, 0.1) is 6.54 Å². The molecule has 0 bridgehead atoms. The summed E-state index contributed by atoms with van der Waals surface area (Å²) in [4.78, 5) is 11.7. The van der Waals surface area contributed by atoms with Gasteiger partial charge in [-0.2, -0.15) is 0 Å². The number of nitrogens with one attached hydrogen (secondary N) is 2. The highest BCUT2D eigenvalue weighted by molar-refractivity contribution is 5.81. The van der Waals surface area contributed by atoms with Gasteiger partial charge in [-0.15, -0.1) is 0 Å². The summed E-state index contributed by atoms with van der Waals surface area (Å²) in [5, 5.41) is 6.12. The Labute approximate surface area is 104 Å². The molecule has 0 heterocycles. The molecule has 0 spiro atoms. The summed E-state index contributed by atoms with van der Waals surface area (Å²) in [5.41, 5.74) is 0.848. The number of para-hydroxylation sites is 1. The van der Waals surface area contributed by atoms with E-state index in [1.165, 1.54) is 0 Å². The Kier molecular flexibility index (Phi) is 5.01. The summed E-state index contributed by atoms with van der Waals surface area (Å²) < 4.78 is 0. The van der Waals surface area contributed by atoms with Gasteiger partial charge in [0.1, 0.15) is 0 Å². The maximum absolute atomic E-state index is 11.7. The van der Waals surface area contributed by atoms with E-state index in [4.69, 9.17) is 0 Å². The maximum Gasteiger partial charge on any atom is 0.239 e. The zero-order valence-electron chi connectivity index (χ0n) is 10.9. The lowest BCUT2D eigenvalue weighted by Crippen LogP contribution is -2.45. The maximum atomic E-state index is 11.7. The molecule has 1 amide bonds. The second-order valence-electron chi connectivity index (χ2n) is 4.90. The van der Waals surface area contributed by atoms with E-state index in [1.54, 1.807) is 0 Å². The van der Waals surface area contributed by atoms with Crippen molar-refractivity contribution >= 4 is 11.6 Å². The number of rotatable bonds is 6. The van der Waals surface area contributed by atoms with Crippen molar-refractivity contribution in [2.45, 2.75) is 39.2 Å². The van der Waals surface area contributed by atoms with Gasteiger partial charge in [0, 0.05) is 11.2 Å². The van der Waals surface area contributed by atoms with Crippen molar-refractivity contribution in [1.82, 2.24) is 5.32 Å². The average Bonchev–Trinajstić information content (AvgIpc) is 2.27. The molecule has 0 radical (unpaired) electrons. The second kappa shape index (κ2) is 6.28. The molecule has 0 fully saturated rings. The molecule has 0 aliphatic rings. The van der Waals surface area contributed by atoms with Gasteiger partial charge in [0.15, 0.2) is 0 Å². The summed E-state index contributed by atoms with van der Waals surface area (Å²) in [6.45, 7) is 6.54. The molecule has 0 atom stereocenters. The fraction of sp³-hybridized carbons (Fsp3) is 0.500. The van der Waals surface area contributed by atoms with E-state index in [2.05, 4.69) is 31.4 Å². The molecule has 1 rings (SSSR count). The third-order valence-corrected chi connectivity index (χ3v) is 2.58. The van der Waals surface area contributed by atoms with Gasteiger partial charge in [-0.25, -0.2) is 0 Å². The standard InChI is InChI=1S/C14H22N2O/c1-4-10-14(2,3)16-13(17)11-15-12-8-6-5-7-9-12/h5-9,15H,4,10-11H2,1-3H3,(H,16,17). The number of anilines is 1. The summed E-state index contributed by atoms with van der Waals surface area (Å²) in [7, 11) is 0. The van der Waals surface area contributed by atoms with Crippen molar-refractivity contribution in [2.75, 3.05) is 11.9 Å². The fourth-order valence-electron chi connectivity index (χ4n) is 1.85. The molecule has 0 aliphatic carbocycles.